The van der Waals surface area contributed by atoms with Crippen LogP contribution < -0.4 is 10.2 Å². The quantitative estimate of drug-likeness (QED) is 0.380. The number of benzene rings is 1. The van der Waals surface area contributed by atoms with Crippen LogP contribution in [0.15, 0.2) is 29.3 Å². The van der Waals surface area contributed by atoms with Crippen LogP contribution in [0, 0.1) is 0 Å². The van der Waals surface area contributed by atoms with Crippen molar-refractivity contribution in [2.24, 2.45) is 4.99 Å². The van der Waals surface area contributed by atoms with Crippen molar-refractivity contribution < 1.29 is 4.74 Å². The smallest absolute Gasteiger partial charge is 0.198 e. The molecule has 1 aromatic rings. The van der Waals surface area contributed by atoms with E-state index in [-0.39, 0.29) is 24.0 Å². The van der Waals surface area contributed by atoms with Crippen molar-refractivity contribution in [3.05, 3.63) is 29.8 Å². The summed E-state index contributed by atoms with van der Waals surface area (Å²) in [5, 5.41) is 3.34. The van der Waals surface area contributed by atoms with Crippen molar-refractivity contribution in [1.82, 2.24) is 5.32 Å². The third-order valence-corrected chi connectivity index (χ3v) is 3.03. The molecule has 1 aliphatic heterocycles. The third-order valence-electron chi connectivity index (χ3n) is 3.03. The molecule has 1 heterocycles. The predicted molar refractivity (Wildman–Crippen MR) is 90.8 cm³/mol. The molecule has 0 saturated carbocycles. The van der Waals surface area contributed by atoms with Crippen LogP contribution in [-0.2, 0) is 11.2 Å². The van der Waals surface area contributed by atoms with Gasteiger partial charge in [0.1, 0.15) is 0 Å². The third kappa shape index (κ3) is 4.07. The molecule has 0 aliphatic carbocycles. The summed E-state index contributed by atoms with van der Waals surface area (Å²) in [6.45, 7) is 5.32. The highest BCUT2D eigenvalue weighted by Crippen LogP contribution is 2.27. The van der Waals surface area contributed by atoms with Crippen molar-refractivity contribution in [1.29, 1.82) is 0 Å². The average molecular weight is 375 g/mol. The molecule has 106 valence electrons. The fourth-order valence-electron chi connectivity index (χ4n) is 2.20. The number of halogens is 1. The van der Waals surface area contributed by atoms with Gasteiger partial charge in [-0.1, -0.05) is 18.2 Å². The molecule has 0 amide bonds. The second kappa shape index (κ2) is 8.37. The molecule has 0 unspecified atom stereocenters. The minimum Gasteiger partial charge on any atom is -0.383 e. The molecular weight excluding hydrogens is 353 g/mol. The minimum atomic E-state index is 0. The Balaban J connectivity index is 0.00000180. The molecule has 0 fully saturated rings. The molecule has 0 aromatic heterocycles. The Hall–Kier alpha value is -0.820. The number of hydrogen-bond donors (Lipinski definition) is 1. The van der Waals surface area contributed by atoms with Gasteiger partial charge >= 0.3 is 0 Å². The van der Waals surface area contributed by atoms with Crippen LogP contribution in [0.1, 0.15) is 12.5 Å². The molecule has 5 heteroatoms. The summed E-state index contributed by atoms with van der Waals surface area (Å²) in [7, 11) is 1.70. The fourth-order valence-corrected chi connectivity index (χ4v) is 2.20. The van der Waals surface area contributed by atoms with Gasteiger partial charge < -0.3 is 15.0 Å². The Morgan fingerprint density at radius 3 is 2.95 bits per heavy atom. The number of hydrogen-bond acceptors (Lipinski definition) is 2. The van der Waals surface area contributed by atoms with Crippen molar-refractivity contribution >= 4 is 35.6 Å². The Bertz CT molecular complexity index is 423. The van der Waals surface area contributed by atoms with Crippen molar-refractivity contribution in [2.75, 3.05) is 38.3 Å². The number of nitrogens with one attached hydrogen (secondary N) is 1. The lowest BCUT2D eigenvalue weighted by molar-refractivity contribution is 0.208. The summed E-state index contributed by atoms with van der Waals surface area (Å²) in [6.07, 6.45) is 1.09. The number of guanidine groups is 1. The Labute approximate surface area is 132 Å². The van der Waals surface area contributed by atoms with E-state index in [0.717, 1.165) is 25.5 Å². The summed E-state index contributed by atoms with van der Waals surface area (Å²) in [6, 6.07) is 8.52. The van der Waals surface area contributed by atoms with Crippen molar-refractivity contribution in [3.8, 4) is 0 Å². The van der Waals surface area contributed by atoms with E-state index in [9.17, 15) is 0 Å². The number of ether oxygens (including phenoxy) is 1. The number of rotatable bonds is 4. The van der Waals surface area contributed by atoms with Crippen LogP contribution in [0.3, 0.4) is 0 Å². The summed E-state index contributed by atoms with van der Waals surface area (Å²) < 4.78 is 5.05. The van der Waals surface area contributed by atoms with Crippen LogP contribution in [0.2, 0.25) is 0 Å². The zero-order valence-electron chi connectivity index (χ0n) is 11.6. The van der Waals surface area contributed by atoms with E-state index >= 15 is 0 Å². The zero-order valence-corrected chi connectivity index (χ0v) is 13.9. The monoisotopic (exact) mass is 375 g/mol. The summed E-state index contributed by atoms with van der Waals surface area (Å²) >= 11 is 0. The van der Waals surface area contributed by atoms with Gasteiger partial charge in [0.15, 0.2) is 5.96 Å². The first kappa shape index (κ1) is 16.2. The van der Waals surface area contributed by atoms with E-state index in [1.165, 1.54) is 11.3 Å². The van der Waals surface area contributed by atoms with Crippen LogP contribution in [0.4, 0.5) is 5.69 Å². The van der Waals surface area contributed by atoms with E-state index < -0.39 is 0 Å². The van der Waals surface area contributed by atoms with E-state index in [2.05, 4.69) is 46.4 Å². The molecule has 4 nitrogen and oxygen atoms in total. The van der Waals surface area contributed by atoms with Crippen LogP contribution in [0.5, 0.6) is 0 Å². The average Bonchev–Trinajstić information content (AvgIpc) is 2.82. The van der Waals surface area contributed by atoms with E-state index in [1.54, 1.807) is 7.11 Å². The molecule has 0 bridgehead atoms. The second-order valence-corrected chi connectivity index (χ2v) is 4.26. The molecular formula is C14H22IN3O. The lowest BCUT2D eigenvalue weighted by atomic mass is 10.2. The summed E-state index contributed by atoms with van der Waals surface area (Å²) in [4.78, 5) is 6.85. The molecule has 0 atom stereocenters. The van der Waals surface area contributed by atoms with Gasteiger partial charge in [0.2, 0.25) is 0 Å². The summed E-state index contributed by atoms with van der Waals surface area (Å²) in [5.41, 5.74) is 2.67. The molecule has 0 spiro atoms. The Morgan fingerprint density at radius 2 is 2.21 bits per heavy atom. The van der Waals surface area contributed by atoms with Crippen LogP contribution >= 0.6 is 24.0 Å². The van der Waals surface area contributed by atoms with E-state index in [1.807, 2.05) is 0 Å². The maximum absolute atomic E-state index is 5.05. The number of nitrogens with zero attached hydrogens (tertiary/aromatic N) is 2. The Kier molecular flexibility index (Phi) is 7.15. The predicted octanol–water partition coefficient (Wildman–Crippen LogP) is 2.28. The lowest BCUT2D eigenvalue weighted by Gasteiger charge is -2.22. The lowest BCUT2D eigenvalue weighted by Crippen LogP contribution is -2.40. The van der Waals surface area contributed by atoms with E-state index in [0.29, 0.717) is 13.2 Å². The molecule has 1 aromatic carbocycles. The van der Waals surface area contributed by atoms with Crippen LogP contribution in [-0.4, -0.2) is 39.3 Å². The topological polar surface area (TPSA) is 36.9 Å². The molecule has 0 saturated heterocycles. The maximum Gasteiger partial charge on any atom is 0.198 e. The number of aliphatic imine (C=N–C) groups is 1. The van der Waals surface area contributed by atoms with E-state index in [4.69, 9.17) is 4.74 Å². The highest BCUT2D eigenvalue weighted by Gasteiger charge is 2.21. The number of methoxy groups -OCH3 is 1. The normalized spacial score (nSPS) is 14.0. The van der Waals surface area contributed by atoms with Crippen molar-refractivity contribution in [2.45, 2.75) is 13.3 Å². The largest absolute Gasteiger partial charge is 0.383 e. The summed E-state index contributed by atoms with van der Waals surface area (Å²) in [5.74, 6) is 0.958. The maximum atomic E-state index is 5.05. The van der Waals surface area contributed by atoms with Gasteiger partial charge in [0.05, 0.1) is 13.2 Å². The molecule has 0 radical (unpaired) electrons. The Morgan fingerprint density at radius 1 is 1.42 bits per heavy atom. The fraction of sp³-hybridized carbons (Fsp3) is 0.500. The molecule has 2 rings (SSSR count). The van der Waals surface area contributed by atoms with Crippen LogP contribution in [0.25, 0.3) is 0 Å². The standard InChI is InChI=1S/C14H21N3O.HI/c1-3-15-14(16-9-11-18-2)17-10-8-12-6-4-5-7-13(12)17;/h4-7H,3,8-11H2,1-2H3,(H,15,16);1H. The van der Waals surface area contributed by atoms with Gasteiger partial charge in [0.25, 0.3) is 0 Å². The van der Waals surface area contributed by atoms with Gasteiger partial charge in [-0.3, -0.25) is 4.99 Å². The van der Waals surface area contributed by atoms with Gasteiger partial charge in [-0.25, -0.2) is 0 Å². The molecule has 1 N–H and O–H groups in total. The first-order valence-electron chi connectivity index (χ1n) is 6.49. The number of para-hydroxylation sites is 1. The van der Waals surface area contributed by atoms with Crippen molar-refractivity contribution in [3.63, 3.8) is 0 Å². The van der Waals surface area contributed by atoms with Gasteiger partial charge in [-0.05, 0) is 25.0 Å². The number of fused-ring (bicyclic) bond motifs is 1. The molecule has 19 heavy (non-hydrogen) atoms. The highest BCUT2D eigenvalue weighted by molar-refractivity contribution is 14.0. The van der Waals surface area contributed by atoms with Gasteiger partial charge in [0, 0.05) is 25.9 Å². The number of anilines is 1. The van der Waals surface area contributed by atoms with Gasteiger partial charge in [-0.15, -0.1) is 24.0 Å². The minimum absolute atomic E-state index is 0. The highest BCUT2D eigenvalue weighted by atomic mass is 127. The first-order chi connectivity index (χ1) is 8.86. The zero-order chi connectivity index (χ0) is 12.8. The SMILES string of the molecule is CCNC(=NCCOC)N1CCc2ccccc21.I. The second-order valence-electron chi connectivity index (χ2n) is 4.26. The first-order valence-corrected chi connectivity index (χ1v) is 6.49. The van der Waals surface area contributed by atoms with Gasteiger partial charge in [-0.2, -0.15) is 0 Å². The molecule has 1 aliphatic rings.